The zero-order chi connectivity index (χ0) is 41.7. The molecule has 1 heterocycles. The van der Waals surface area contributed by atoms with Crippen molar-refractivity contribution in [1.82, 2.24) is 0 Å². The maximum absolute atomic E-state index is 6.93. The molecule has 0 amide bonds. The Bertz CT molecular complexity index is 3110. The lowest BCUT2D eigenvalue weighted by molar-refractivity contribution is 0.0762. The number of hydrogen-bond donors (Lipinski definition) is 0. The molecule has 12 rings (SSSR count). The monoisotopic (exact) mass is 811 g/mol. The van der Waals surface area contributed by atoms with Crippen LogP contribution in [-0.4, -0.2) is 12.2 Å². The van der Waals surface area contributed by atoms with Crippen molar-refractivity contribution in [3.63, 3.8) is 0 Å². The standard InChI is InChI=1S/C60H45NO2/c1-3-16-40(17-4-1)43-20-15-21-46(36-43)61(56-29-14-13-22-47(56)42-18-5-2-6-19-42)45-33-30-41(31-34-45)44-32-35-57-58(37-44)63-60-39-55-53-28-12-10-26-51(53)49-24-8-7-23-48(49)50-25-9-11-27-52(50)54(55)38-59(60)62-57/h1-13,15-18,20-28,30-39,42,57-58H,14,19,29H2. The Labute approximate surface area is 369 Å². The van der Waals surface area contributed by atoms with Crippen molar-refractivity contribution in [3.05, 3.63) is 235 Å². The van der Waals surface area contributed by atoms with E-state index in [1.54, 1.807) is 0 Å². The molecule has 0 N–H and O–H groups in total. The van der Waals surface area contributed by atoms with Crippen LogP contribution in [0.2, 0.25) is 0 Å². The number of fused-ring (bicyclic) bond motifs is 10. The first kappa shape index (κ1) is 37.2. The lowest BCUT2D eigenvalue weighted by atomic mass is 9.80. The quantitative estimate of drug-likeness (QED) is 0.167. The highest BCUT2D eigenvalue weighted by Gasteiger charge is 2.33. The fourth-order valence-corrected chi connectivity index (χ4v) is 10.2. The van der Waals surface area contributed by atoms with E-state index < -0.39 is 0 Å². The van der Waals surface area contributed by atoms with Crippen molar-refractivity contribution in [2.75, 3.05) is 4.90 Å². The first-order valence-corrected chi connectivity index (χ1v) is 22.2. The van der Waals surface area contributed by atoms with Crippen LogP contribution in [-0.2, 0) is 0 Å². The molecule has 0 saturated carbocycles. The second-order valence-electron chi connectivity index (χ2n) is 16.9. The van der Waals surface area contributed by atoms with Crippen molar-refractivity contribution in [3.8, 4) is 67.1 Å². The van der Waals surface area contributed by atoms with Gasteiger partial charge in [-0.3, -0.25) is 0 Å². The SMILES string of the molecule is C1=CCC(C2=C(N(c3ccc(C4=CC5Oc6cc7c(cc6OC5C=C4)-c4ccccc4-c4ccccc4-c4ccccc4-7)cc3)c3cccc(-c4ccccc4)c3)CCC=C2)C=C1. The van der Waals surface area contributed by atoms with E-state index in [0.717, 1.165) is 64.4 Å². The van der Waals surface area contributed by atoms with Gasteiger partial charge in [-0.05, 0) is 140 Å². The summed E-state index contributed by atoms with van der Waals surface area (Å²) < 4.78 is 13.7. The van der Waals surface area contributed by atoms with Gasteiger partial charge in [-0.2, -0.15) is 0 Å². The summed E-state index contributed by atoms with van der Waals surface area (Å²) in [6, 6.07) is 59.3. The number of ether oxygens (including phenoxy) is 2. The molecule has 7 aromatic rings. The first-order valence-electron chi connectivity index (χ1n) is 22.2. The van der Waals surface area contributed by atoms with Crippen molar-refractivity contribution in [2.24, 2.45) is 5.92 Å². The van der Waals surface area contributed by atoms with Crippen LogP contribution in [0.15, 0.2) is 230 Å². The maximum Gasteiger partial charge on any atom is 0.163 e. The average molecular weight is 812 g/mol. The Morgan fingerprint density at radius 1 is 0.444 bits per heavy atom. The number of anilines is 2. The molecule has 63 heavy (non-hydrogen) atoms. The number of rotatable bonds is 6. The Balaban J connectivity index is 0.896. The minimum absolute atomic E-state index is 0.240. The van der Waals surface area contributed by atoms with Crippen LogP contribution in [0.3, 0.4) is 0 Å². The number of allylic oxidation sites excluding steroid dienone is 10. The summed E-state index contributed by atoms with van der Waals surface area (Å²) in [6.45, 7) is 0. The van der Waals surface area contributed by atoms with Crippen molar-refractivity contribution < 1.29 is 9.47 Å². The summed E-state index contributed by atoms with van der Waals surface area (Å²) in [7, 11) is 0. The van der Waals surface area contributed by atoms with Gasteiger partial charge in [0.15, 0.2) is 23.7 Å². The molecule has 4 aliphatic carbocycles. The molecule has 7 aromatic carbocycles. The van der Waals surface area contributed by atoms with E-state index in [4.69, 9.17) is 9.47 Å². The molecule has 3 nitrogen and oxygen atoms in total. The van der Waals surface area contributed by atoms with Crippen molar-refractivity contribution >= 4 is 16.9 Å². The molecule has 0 saturated heterocycles. The lowest BCUT2D eigenvalue weighted by Gasteiger charge is -2.35. The van der Waals surface area contributed by atoms with Crippen LogP contribution in [0.25, 0.3) is 61.2 Å². The Morgan fingerprint density at radius 2 is 1.05 bits per heavy atom. The van der Waals surface area contributed by atoms with Crippen molar-refractivity contribution in [1.29, 1.82) is 0 Å². The molecule has 1 aliphatic heterocycles. The lowest BCUT2D eigenvalue weighted by Crippen LogP contribution is -2.38. The van der Waals surface area contributed by atoms with Gasteiger partial charge in [0.2, 0.25) is 0 Å². The molecule has 3 unspecified atom stereocenters. The van der Waals surface area contributed by atoms with E-state index in [2.05, 4.69) is 223 Å². The molecule has 3 atom stereocenters. The highest BCUT2D eigenvalue weighted by atomic mass is 16.6. The van der Waals surface area contributed by atoms with Gasteiger partial charge in [0.25, 0.3) is 0 Å². The fourth-order valence-electron chi connectivity index (χ4n) is 10.2. The molecule has 0 spiro atoms. The topological polar surface area (TPSA) is 21.7 Å². The number of hydrogen-bond acceptors (Lipinski definition) is 3. The minimum atomic E-state index is -0.274. The Hall–Kier alpha value is -7.62. The third-order valence-corrected chi connectivity index (χ3v) is 13.2. The normalized spacial score (nSPS) is 18.8. The van der Waals surface area contributed by atoms with Crippen LogP contribution < -0.4 is 14.4 Å². The smallest absolute Gasteiger partial charge is 0.163 e. The summed E-state index contributed by atoms with van der Waals surface area (Å²) in [5.41, 5.74) is 19.3. The maximum atomic E-state index is 6.93. The Morgan fingerprint density at radius 3 is 1.68 bits per heavy atom. The third-order valence-electron chi connectivity index (χ3n) is 13.2. The predicted octanol–water partition coefficient (Wildman–Crippen LogP) is 15.4. The molecule has 0 bridgehead atoms. The highest BCUT2D eigenvalue weighted by molar-refractivity contribution is 6.03. The summed E-state index contributed by atoms with van der Waals surface area (Å²) in [5.74, 6) is 1.87. The van der Waals surface area contributed by atoms with E-state index in [1.165, 1.54) is 55.8 Å². The van der Waals surface area contributed by atoms with Gasteiger partial charge in [0.05, 0.1) is 0 Å². The van der Waals surface area contributed by atoms with E-state index >= 15 is 0 Å². The molecule has 3 heteroatoms. The zero-order valence-electron chi connectivity index (χ0n) is 34.9. The second kappa shape index (κ2) is 15.7. The largest absolute Gasteiger partial charge is 0.478 e. The molecular formula is C60H45NO2. The summed E-state index contributed by atoms with van der Waals surface area (Å²) in [5, 5.41) is 0. The molecule has 302 valence electrons. The van der Waals surface area contributed by atoms with Gasteiger partial charge in [0.1, 0.15) is 0 Å². The molecule has 0 aromatic heterocycles. The van der Waals surface area contributed by atoms with Gasteiger partial charge in [-0.25, -0.2) is 0 Å². The van der Waals surface area contributed by atoms with E-state index in [1.807, 2.05) is 0 Å². The van der Waals surface area contributed by atoms with Gasteiger partial charge in [0, 0.05) is 23.0 Å². The number of nitrogens with zero attached hydrogens (tertiary/aromatic N) is 1. The minimum Gasteiger partial charge on any atom is -0.478 e. The summed E-state index contributed by atoms with van der Waals surface area (Å²) in [4.78, 5) is 2.50. The van der Waals surface area contributed by atoms with Crippen LogP contribution >= 0.6 is 0 Å². The van der Waals surface area contributed by atoms with Gasteiger partial charge < -0.3 is 14.4 Å². The van der Waals surface area contributed by atoms with E-state index in [-0.39, 0.29) is 12.2 Å². The summed E-state index contributed by atoms with van der Waals surface area (Å²) >= 11 is 0. The van der Waals surface area contributed by atoms with E-state index in [9.17, 15) is 0 Å². The number of benzene rings is 7. The average Bonchev–Trinajstić information content (AvgIpc) is 3.36. The van der Waals surface area contributed by atoms with E-state index in [0.29, 0.717) is 5.92 Å². The zero-order valence-corrected chi connectivity index (χ0v) is 34.9. The second-order valence-corrected chi connectivity index (χ2v) is 16.9. The van der Waals surface area contributed by atoms with Crippen LogP contribution in [0.5, 0.6) is 11.5 Å². The van der Waals surface area contributed by atoms with Crippen LogP contribution in [0.4, 0.5) is 11.4 Å². The predicted molar refractivity (Wildman–Crippen MR) is 260 cm³/mol. The van der Waals surface area contributed by atoms with Crippen molar-refractivity contribution in [2.45, 2.75) is 31.5 Å². The Kier molecular flexibility index (Phi) is 9.26. The van der Waals surface area contributed by atoms with Gasteiger partial charge >= 0.3 is 0 Å². The molecular weight excluding hydrogens is 767 g/mol. The summed E-state index contributed by atoms with van der Waals surface area (Å²) in [6.07, 6.45) is 22.8. The first-order chi connectivity index (χ1) is 31.2. The van der Waals surface area contributed by atoms with Crippen LogP contribution in [0, 0.1) is 5.92 Å². The highest BCUT2D eigenvalue weighted by Crippen LogP contribution is 2.52. The fraction of sp³-hybridized carbons (Fsp3) is 0.100. The molecule has 0 radical (unpaired) electrons. The van der Waals surface area contributed by atoms with Crippen LogP contribution in [0.1, 0.15) is 24.8 Å². The van der Waals surface area contributed by atoms with Gasteiger partial charge in [-0.15, -0.1) is 0 Å². The third kappa shape index (κ3) is 6.69. The molecule has 0 fully saturated rings. The molecule has 5 aliphatic rings. The van der Waals surface area contributed by atoms with Gasteiger partial charge in [-0.1, -0.05) is 170 Å².